The molecule has 1 amide bonds. The molecule has 0 aliphatic carbocycles. The summed E-state index contributed by atoms with van der Waals surface area (Å²) in [6.45, 7) is 5.26. The smallest absolute Gasteiger partial charge is 0.226 e. The molecular formula is C12H24N2O3. The normalized spacial score (nSPS) is 18.9. The maximum Gasteiger partial charge on any atom is 0.226 e. The lowest BCUT2D eigenvalue weighted by Gasteiger charge is -2.35. The zero-order chi connectivity index (χ0) is 12.6. The maximum atomic E-state index is 12.1. The van der Waals surface area contributed by atoms with Crippen molar-refractivity contribution in [2.45, 2.75) is 26.2 Å². The monoisotopic (exact) mass is 244 g/mol. The molecule has 0 atom stereocenters. The van der Waals surface area contributed by atoms with Gasteiger partial charge in [-0.25, -0.2) is 0 Å². The SMILES string of the molecule is CCC1(C(=O)NCCOCCO)CCNCC1. The van der Waals surface area contributed by atoms with Crippen molar-refractivity contribution in [2.24, 2.45) is 5.41 Å². The van der Waals surface area contributed by atoms with Crippen LogP contribution in [0.4, 0.5) is 0 Å². The number of hydrogen-bond acceptors (Lipinski definition) is 4. The number of amides is 1. The highest BCUT2D eigenvalue weighted by Gasteiger charge is 2.37. The molecule has 1 rings (SSSR count). The Morgan fingerprint density at radius 3 is 2.71 bits per heavy atom. The second-order valence-corrected chi connectivity index (χ2v) is 4.48. The first kappa shape index (κ1) is 14.4. The molecule has 5 heteroatoms. The van der Waals surface area contributed by atoms with Crippen molar-refractivity contribution in [2.75, 3.05) is 39.5 Å². The average molecular weight is 244 g/mol. The summed E-state index contributed by atoms with van der Waals surface area (Å²) in [5.41, 5.74) is -0.192. The van der Waals surface area contributed by atoms with E-state index in [4.69, 9.17) is 9.84 Å². The molecule has 100 valence electrons. The van der Waals surface area contributed by atoms with E-state index in [1.807, 2.05) is 0 Å². The molecule has 0 aromatic carbocycles. The largest absolute Gasteiger partial charge is 0.394 e. The lowest BCUT2D eigenvalue weighted by Crippen LogP contribution is -2.48. The van der Waals surface area contributed by atoms with Gasteiger partial charge in [-0.2, -0.15) is 0 Å². The Kier molecular flexibility index (Phi) is 6.47. The lowest BCUT2D eigenvalue weighted by atomic mass is 9.76. The zero-order valence-corrected chi connectivity index (χ0v) is 10.6. The summed E-state index contributed by atoms with van der Waals surface area (Å²) < 4.78 is 5.11. The number of aliphatic hydroxyl groups is 1. The van der Waals surface area contributed by atoms with Gasteiger partial charge in [-0.1, -0.05) is 6.92 Å². The first-order chi connectivity index (χ1) is 8.25. The molecule has 17 heavy (non-hydrogen) atoms. The molecule has 0 aromatic rings. The Hall–Kier alpha value is -0.650. The van der Waals surface area contributed by atoms with Gasteiger partial charge in [0.05, 0.1) is 25.2 Å². The Balaban J connectivity index is 2.28. The summed E-state index contributed by atoms with van der Waals surface area (Å²) in [5.74, 6) is 0.147. The van der Waals surface area contributed by atoms with E-state index >= 15 is 0 Å². The fourth-order valence-electron chi connectivity index (χ4n) is 2.24. The third kappa shape index (κ3) is 4.26. The van der Waals surface area contributed by atoms with Gasteiger partial charge in [0.25, 0.3) is 0 Å². The van der Waals surface area contributed by atoms with Gasteiger partial charge >= 0.3 is 0 Å². The van der Waals surface area contributed by atoms with E-state index in [0.717, 1.165) is 32.4 Å². The molecule has 1 aliphatic heterocycles. The predicted molar refractivity (Wildman–Crippen MR) is 65.7 cm³/mol. The second kappa shape index (κ2) is 7.63. The minimum atomic E-state index is -0.192. The van der Waals surface area contributed by atoms with E-state index in [0.29, 0.717) is 19.8 Å². The molecule has 0 aromatic heterocycles. The molecule has 0 radical (unpaired) electrons. The maximum absolute atomic E-state index is 12.1. The van der Waals surface area contributed by atoms with Crippen LogP contribution in [-0.4, -0.2) is 50.5 Å². The molecule has 1 heterocycles. The summed E-state index contributed by atoms with van der Waals surface area (Å²) >= 11 is 0. The Morgan fingerprint density at radius 1 is 1.41 bits per heavy atom. The highest BCUT2D eigenvalue weighted by atomic mass is 16.5. The fourth-order valence-corrected chi connectivity index (χ4v) is 2.24. The molecule has 3 N–H and O–H groups in total. The van der Waals surface area contributed by atoms with Gasteiger partial charge < -0.3 is 20.5 Å². The van der Waals surface area contributed by atoms with E-state index in [9.17, 15) is 4.79 Å². The number of piperidine rings is 1. The van der Waals surface area contributed by atoms with Crippen LogP contribution in [0.15, 0.2) is 0 Å². The fraction of sp³-hybridized carbons (Fsp3) is 0.917. The minimum Gasteiger partial charge on any atom is -0.394 e. The van der Waals surface area contributed by atoms with Crippen molar-refractivity contribution in [3.05, 3.63) is 0 Å². The quantitative estimate of drug-likeness (QED) is 0.547. The molecule has 0 spiro atoms. The second-order valence-electron chi connectivity index (χ2n) is 4.48. The van der Waals surface area contributed by atoms with Gasteiger partial charge in [0.15, 0.2) is 0 Å². The Morgan fingerprint density at radius 2 is 2.12 bits per heavy atom. The van der Waals surface area contributed by atoms with Crippen LogP contribution in [0, 0.1) is 5.41 Å². The molecule has 0 unspecified atom stereocenters. The number of nitrogens with one attached hydrogen (secondary N) is 2. The van der Waals surface area contributed by atoms with Crippen molar-refractivity contribution in [3.8, 4) is 0 Å². The molecule has 1 saturated heterocycles. The number of rotatable bonds is 7. The third-order valence-corrected chi connectivity index (χ3v) is 3.49. The van der Waals surface area contributed by atoms with Crippen molar-refractivity contribution >= 4 is 5.91 Å². The van der Waals surface area contributed by atoms with E-state index in [2.05, 4.69) is 17.6 Å². The third-order valence-electron chi connectivity index (χ3n) is 3.49. The molecule has 5 nitrogen and oxygen atoms in total. The van der Waals surface area contributed by atoms with Crippen LogP contribution in [0.3, 0.4) is 0 Å². The Bertz CT molecular complexity index is 228. The van der Waals surface area contributed by atoms with Gasteiger partial charge in [-0.05, 0) is 32.4 Å². The summed E-state index contributed by atoms with van der Waals surface area (Å²) in [6, 6.07) is 0. The van der Waals surface area contributed by atoms with E-state index < -0.39 is 0 Å². The van der Waals surface area contributed by atoms with Crippen LogP contribution in [-0.2, 0) is 9.53 Å². The topological polar surface area (TPSA) is 70.6 Å². The number of aliphatic hydroxyl groups excluding tert-OH is 1. The molecular weight excluding hydrogens is 220 g/mol. The number of hydrogen-bond donors (Lipinski definition) is 3. The van der Waals surface area contributed by atoms with Gasteiger partial charge in [0, 0.05) is 6.54 Å². The Labute approximate surface area is 103 Å². The molecule has 0 bridgehead atoms. The van der Waals surface area contributed by atoms with E-state index in [-0.39, 0.29) is 17.9 Å². The molecule has 1 aliphatic rings. The summed E-state index contributed by atoms with van der Waals surface area (Å²) in [5, 5.41) is 14.7. The first-order valence-corrected chi connectivity index (χ1v) is 6.43. The van der Waals surface area contributed by atoms with Crippen LogP contribution in [0.5, 0.6) is 0 Å². The summed E-state index contributed by atoms with van der Waals surface area (Å²) in [4.78, 5) is 12.1. The average Bonchev–Trinajstić information content (AvgIpc) is 2.39. The number of ether oxygens (including phenoxy) is 1. The van der Waals surface area contributed by atoms with Crippen LogP contribution in [0.1, 0.15) is 26.2 Å². The van der Waals surface area contributed by atoms with Crippen LogP contribution >= 0.6 is 0 Å². The lowest BCUT2D eigenvalue weighted by molar-refractivity contribution is -0.133. The van der Waals surface area contributed by atoms with Crippen molar-refractivity contribution in [1.29, 1.82) is 0 Å². The van der Waals surface area contributed by atoms with Gasteiger partial charge in [-0.3, -0.25) is 4.79 Å². The van der Waals surface area contributed by atoms with Crippen molar-refractivity contribution < 1.29 is 14.6 Å². The predicted octanol–water partition coefficient (Wildman–Crippen LogP) is -0.109. The first-order valence-electron chi connectivity index (χ1n) is 6.43. The van der Waals surface area contributed by atoms with Crippen LogP contribution in [0.2, 0.25) is 0 Å². The minimum absolute atomic E-state index is 0.0263. The van der Waals surface area contributed by atoms with Gasteiger partial charge in [0.1, 0.15) is 0 Å². The van der Waals surface area contributed by atoms with Gasteiger partial charge in [0.2, 0.25) is 5.91 Å². The highest BCUT2D eigenvalue weighted by Crippen LogP contribution is 2.32. The highest BCUT2D eigenvalue weighted by molar-refractivity contribution is 5.82. The van der Waals surface area contributed by atoms with Crippen molar-refractivity contribution in [1.82, 2.24) is 10.6 Å². The molecule has 1 fully saturated rings. The zero-order valence-electron chi connectivity index (χ0n) is 10.6. The summed E-state index contributed by atoms with van der Waals surface area (Å²) in [7, 11) is 0. The van der Waals surface area contributed by atoms with Crippen molar-refractivity contribution in [3.63, 3.8) is 0 Å². The van der Waals surface area contributed by atoms with Gasteiger partial charge in [-0.15, -0.1) is 0 Å². The standard InChI is InChI=1S/C12H24N2O3/c1-2-12(3-5-13-6-4-12)11(16)14-7-9-17-10-8-15/h13,15H,2-10H2,1H3,(H,14,16). The van der Waals surface area contributed by atoms with E-state index in [1.54, 1.807) is 0 Å². The van der Waals surface area contributed by atoms with Crippen LogP contribution in [0.25, 0.3) is 0 Å². The number of carbonyl (C=O) groups is 1. The van der Waals surface area contributed by atoms with E-state index in [1.165, 1.54) is 0 Å². The molecule has 0 saturated carbocycles. The van der Waals surface area contributed by atoms with Crippen LogP contribution < -0.4 is 10.6 Å². The summed E-state index contributed by atoms with van der Waals surface area (Å²) in [6.07, 6.45) is 2.71. The number of carbonyl (C=O) groups excluding carboxylic acids is 1.